The van der Waals surface area contributed by atoms with Gasteiger partial charge < -0.3 is 9.94 Å². The summed E-state index contributed by atoms with van der Waals surface area (Å²) in [7, 11) is 0. The van der Waals surface area contributed by atoms with Crippen molar-refractivity contribution in [1.29, 1.82) is 0 Å². The maximum absolute atomic E-state index is 11.8. The van der Waals surface area contributed by atoms with E-state index in [-0.39, 0.29) is 5.75 Å². The topological polar surface area (TPSA) is 58.9 Å². The third-order valence-corrected chi connectivity index (χ3v) is 3.27. The summed E-state index contributed by atoms with van der Waals surface area (Å²) in [6.45, 7) is 0. The maximum atomic E-state index is 11.8. The normalized spacial score (nSPS) is 10.9. The minimum absolute atomic E-state index is 0.0817. The molecule has 3 aromatic rings. The number of phenolic OH excluding ortho intramolecular Hbond substituents is 1. The van der Waals surface area contributed by atoms with Crippen LogP contribution in [0.2, 0.25) is 0 Å². The van der Waals surface area contributed by atoms with E-state index in [1.54, 1.807) is 30.3 Å². The summed E-state index contributed by atoms with van der Waals surface area (Å²) in [5, 5.41) is 15.5. The van der Waals surface area contributed by atoms with Crippen molar-refractivity contribution in [3.63, 3.8) is 0 Å². The molecular formula is C18H13NO3. The second kappa shape index (κ2) is 6.10. The van der Waals surface area contributed by atoms with Gasteiger partial charge in [0.25, 0.3) is 0 Å². The molecular weight excluding hydrogens is 278 g/mol. The Hall–Kier alpha value is -3.14. The number of oxime groups is 1. The number of benzene rings is 3. The molecule has 0 atom stereocenters. The third-order valence-electron chi connectivity index (χ3n) is 3.27. The van der Waals surface area contributed by atoms with E-state index in [1.807, 2.05) is 36.4 Å². The van der Waals surface area contributed by atoms with Crippen LogP contribution < -0.4 is 0 Å². The van der Waals surface area contributed by atoms with Crippen molar-refractivity contribution >= 4 is 23.0 Å². The first-order chi connectivity index (χ1) is 10.8. The lowest BCUT2D eigenvalue weighted by Crippen LogP contribution is -2.00. The number of hydrogen-bond donors (Lipinski definition) is 1. The lowest BCUT2D eigenvalue weighted by molar-refractivity contribution is 0.0519. The maximum Gasteiger partial charge on any atom is 0.365 e. The van der Waals surface area contributed by atoms with Gasteiger partial charge in [-0.05, 0) is 29.0 Å². The fraction of sp³-hybridized carbons (Fsp3) is 0. The number of carbonyl (C=O) groups is 1. The van der Waals surface area contributed by atoms with E-state index in [0.29, 0.717) is 11.1 Å². The lowest BCUT2D eigenvalue weighted by Gasteiger charge is -2.04. The van der Waals surface area contributed by atoms with Gasteiger partial charge >= 0.3 is 5.97 Å². The van der Waals surface area contributed by atoms with Crippen LogP contribution in [0.15, 0.2) is 71.9 Å². The van der Waals surface area contributed by atoms with Gasteiger partial charge in [0, 0.05) is 5.56 Å². The molecule has 0 radical (unpaired) electrons. The Labute approximate surface area is 127 Å². The molecule has 0 saturated carbocycles. The van der Waals surface area contributed by atoms with Gasteiger partial charge in [-0.15, -0.1) is 0 Å². The Morgan fingerprint density at radius 3 is 2.50 bits per heavy atom. The second-order valence-corrected chi connectivity index (χ2v) is 4.70. The lowest BCUT2D eigenvalue weighted by atomic mass is 10.0. The van der Waals surface area contributed by atoms with E-state index >= 15 is 0 Å². The average molecular weight is 291 g/mol. The first kappa shape index (κ1) is 13.8. The number of fused-ring (bicyclic) bond motifs is 1. The molecule has 0 spiro atoms. The molecule has 4 nitrogen and oxygen atoms in total. The van der Waals surface area contributed by atoms with Gasteiger partial charge in [-0.25, -0.2) is 4.79 Å². The third kappa shape index (κ3) is 2.81. The van der Waals surface area contributed by atoms with Crippen molar-refractivity contribution in [3.05, 3.63) is 77.9 Å². The van der Waals surface area contributed by atoms with Crippen molar-refractivity contribution in [2.45, 2.75) is 0 Å². The van der Waals surface area contributed by atoms with Crippen LogP contribution in [0, 0.1) is 0 Å². The second-order valence-electron chi connectivity index (χ2n) is 4.70. The van der Waals surface area contributed by atoms with E-state index in [9.17, 15) is 9.90 Å². The predicted molar refractivity (Wildman–Crippen MR) is 85.1 cm³/mol. The predicted octanol–water partition coefficient (Wildman–Crippen LogP) is 3.74. The van der Waals surface area contributed by atoms with Gasteiger partial charge in [0.15, 0.2) is 0 Å². The number of hydrogen-bond acceptors (Lipinski definition) is 4. The largest absolute Gasteiger partial charge is 0.507 e. The van der Waals surface area contributed by atoms with Crippen LogP contribution in [0.4, 0.5) is 0 Å². The summed E-state index contributed by atoms with van der Waals surface area (Å²) in [6.07, 6.45) is 1.35. The van der Waals surface area contributed by atoms with Gasteiger partial charge in [-0.1, -0.05) is 53.7 Å². The number of aromatic hydroxyl groups is 1. The minimum Gasteiger partial charge on any atom is -0.507 e. The van der Waals surface area contributed by atoms with Crippen LogP contribution in [-0.2, 0) is 4.84 Å². The molecule has 0 aliphatic rings. The smallest absolute Gasteiger partial charge is 0.365 e. The van der Waals surface area contributed by atoms with E-state index < -0.39 is 5.97 Å². The van der Waals surface area contributed by atoms with Crippen molar-refractivity contribution in [3.8, 4) is 5.75 Å². The quantitative estimate of drug-likeness (QED) is 0.454. The summed E-state index contributed by atoms with van der Waals surface area (Å²) >= 11 is 0. The first-order valence-electron chi connectivity index (χ1n) is 6.76. The minimum atomic E-state index is -0.545. The van der Waals surface area contributed by atoms with Gasteiger partial charge in [0.05, 0.1) is 11.8 Å². The van der Waals surface area contributed by atoms with Gasteiger partial charge in [-0.2, -0.15) is 0 Å². The zero-order chi connectivity index (χ0) is 15.4. The molecule has 0 saturated heterocycles. The summed E-state index contributed by atoms with van der Waals surface area (Å²) in [5.41, 5.74) is 0.931. The highest BCUT2D eigenvalue weighted by atomic mass is 16.7. The summed E-state index contributed by atoms with van der Waals surface area (Å²) < 4.78 is 0. The molecule has 3 rings (SSSR count). The molecule has 22 heavy (non-hydrogen) atoms. The SMILES string of the molecule is O=C(O/N=C/c1c(O)ccc2ccccc12)c1ccccc1. The molecule has 0 amide bonds. The highest BCUT2D eigenvalue weighted by molar-refractivity contribution is 6.02. The van der Waals surface area contributed by atoms with Crippen molar-refractivity contribution in [2.75, 3.05) is 0 Å². The highest BCUT2D eigenvalue weighted by Gasteiger charge is 2.07. The summed E-state index contributed by atoms with van der Waals surface area (Å²) in [5.74, 6) is -0.463. The monoisotopic (exact) mass is 291 g/mol. The van der Waals surface area contributed by atoms with Crippen LogP contribution >= 0.6 is 0 Å². The molecule has 0 aliphatic carbocycles. The van der Waals surface area contributed by atoms with Crippen LogP contribution in [0.25, 0.3) is 10.8 Å². The number of nitrogens with zero attached hydrogens (tertiary/aromatic N) is 1. The fourth-order valence-electron chi connectivity index (χ4n) is 2.17. The molecule has 1 N–H and O–H groups in total. The van der Waals surface area contributed by atoms with Crippen LogP contribution in [0.5, 0.6) is 5.75 Å². The van der Waals surface area contributed by atoms with Crippen molar-refractivity contribution < 1.29 is 14.7 Å². The highest BCUT2D eigenvalue weighted by Crippen LogP contribution is 2.25. The van der Waals surface area contributed by atoms with E-state index in [1.165, 1.54) is 6.21 Å². The molecule has 3 aromatic carbocycles. The molecule has 0 aliphatic heterocycles. The van der Waals surface area contributed by atoms with Gasteiger partial charge in [0.2, 0.25) is 0 Å². The van der Waals surface area contributed by atoms with Crippen LogP contribution in [0.3, 0.4) is 0 Å². The Balaban J connectivity index is 1.84. The Kier molecular flexibility index (Phi) is 3.83. The van der Waals surface area contributed by atoms with E-state index in [2.05, 4.69) is 5.16 Å². The van der Waals surface area contributed by atoms with Gasteiger partial charge in [0.1, 0.15) is 5.75 Å². The van der Waals surface area contributed by atoms with E-state index in [4.69, 9.17) is 4.84 Å². The van der Waals surface area contributed by atoms with E-state index in [0.717, 1.165) is 10.8 Å². The Morgan fingerprint density at radius 1 is 0.955 bits per heavy atom. The molecule has 0 heterocycles. The van der Waals surface area contributed by atoms with Crippen LogP contribution in [0.1, 0.15) is 15.9 Å². The standard InChI is InChI=1S/C18H13NO3/c20-17-11-10-13-6-4-5-9-15(13)16(17)12-19-22-18(21)14-7-2-1-3-8-14/h1-12,20H/b19-12+. The summed E-state index contributed by atoms with van der Waals surface area (Å²) in [6, 6.07) is 19.6. The molecule has 0 bridgehead atoms. The number of rotatable bonds is 3. The van der Waals surface area contributed by atoms with Gasteiger partial charge in [-0.3, -0.25) is 0 Å². The zero-order valence-electron chi connectivity index (χ0n) is 11.6. The summed E-state index contributed by atoms with van der Waals surface area (Å²) in [4.78, 5) is 16.6. The Morgan fingerprint density at radius 2 is 1.68 bits per heavy atom. The number of carbonyl (C=O) groups excluding carboxylic acids is 1. The fourth-order valence-corrected chi connectivity index (χ4v) is 2.17. The number of phenols is 1. The van der Waals surface area contributed by atoms with Crippen molar-refractivity contribution in [1.82, 2.24) is 0 Å². The molecule has 0 fully saturated rings. The van der Waals surface area contributed by atoms with Crippen molar-refractivity contribution in [2.24, 2.45) is 5.16 Å². The first-order valence-corrected chi connectivity index (χ1v) is 6.76. The molecule has 0 unspecified atom stereocenters. The molecule has 4 heteroatoms. The van der Waals surface area contributed by atoms with Crippen LogP contribution in [-0.4, -0.2) is 17.3 Å². The Bertz CT molecular complexity index is 841. The molecule has 108 valence electrons. The average Bonchev–Trinajstić information content (AvgIpc) is 2.57. The molecule has 0 aromatic heterocycles. The zero-order valence-corrected chi connectivity index (χ0v) is 11.6.